The zero-order valence-electron chi connectivity index (χ0n) is 11.9. The summed E-state index contributed by atoms with van der Waals surface area (Å²) in [7, 11) is 0. The van der Waals surface area contributed by atoms with Crippen LogP contribution >= 0.6 is 11.6 Å². The maximum Gasteiger partial charge on any atom is 0.189 e. The topological polar surface area (TPSA) is 30.9 Å². The first-order valence-corrected chi connectivity index (χ1v) is 7.39. The summed E-state index contributed by atoms with van der Waals surface area (Å²) >= 11 is 6.20. The molecule has 20 heavy (non-hydrogen) atoms. The third-order valence-corrected chi connectivity index (χ3v) is 3.86. The highest BCUT2D eigenvalue weighted by Crippen LogP contribution is 2.32. The molecular weight excluding hydrogens is 278 g/mol. The van der Waals surface area contributed by atoms with E-state index in [-0.39, 0.29) is 12.2 Å². The first-order chi connectivity index (χ1) is 9.61. The highest BCUT2D eigenvalue weighted by atomic mass is 35.5. The summed E-state index contributed by atoms with van der Waals surface area (Å²) in [4.78, 5) is 2.39. The highest BCUT2D eigenvalue weighted by Gasteiger charge is 2.24. The number of benzene rings is 1. The van der Waals surface area contributed by atoms with Crippen molar-refractivity contribution in [2.75, 3.05) is 19.9 Å². The van der Waals surface area contributed by atoms with Gasteiger partial charge in [-0.25, -0.2) is 0 Å². The normalized spacial score (nSPS) is 26.9. The van der Waals surface area contributed by atoms with Crippen molar-refractivity contribution in [2.24, 2.45) is 0 Å². The molecule has 3 rings (SSSR count). The van der Waals surface area contributed by atoms with Crippen LogP contribution < -0.4 is 4.74 Å². The molecule has 0 bridgehead atoms. The van der Waals surface area contributed by atoms with E-state index in [4.69, 9.17) is 25.8 Å². The zero-order valence-corrected chi connectivity index (χ0v) is 12.7. The minimum Gasteiger partial charge on any atom is -0.467 e. The van der Waals surface area contributed by atoms with Gasteiger partial charge >= 0.3 is 0 Å². The van der Waals surface area contributed by atoms with Crippen molar-refractivity contribution in [2.45, 2.75) is 39.2 Å². The predicted octanol–water partition coefficient (Wildman–Crippen LogP) is 2.82. The van der Waals surface area contributed by atoms with Crippen molar-refractivity contribution in [3.05, 3.63) is 28.3 Å². The van der Waals surface area contributed by atoms with E-state index in [0.717, 1.165) is 41.5 Å². The van der Waals surface area contributed by atoms with Gasteiger partial charge in [0.05, 0.1) is 18.8 Å². The van der Waals surface area contributed by atoms with E-state index in [1.807, 2.05) is 12.1 Å². The van der Waals surface area contributed by atoms with E-state index in [1.54, 1.807) is 0 Å². The van der Waals surface area contributed by atoms with Crippen LogP contribution in [0.3, 0.4) is 0 Å². The number of hydrogen-bond acceptors (Lipinski definition) is 4. The zero-order chi connectivity index (χ0) is 14.1. The average Bonchev–Trinajstić information content (AvgIpc) is 2.37. The lowest BCUT2D eigenvalue weighted by Crippen LogP contribution is -2.44. The molecule has 1 fully saturated rings. The summed E-state index contributed by atoms with van der Waals surface area (Å²) in [6, 6.07) is 3.92. The molecule has 0 N–H and O–H groups in total. The van der Waals surface area contributed by atoms with Gasteiger partial charge in [-0.1, -0.05) is 11.6 Å². The van der Waals surface area contributed by atoms with Crippen molar-refractivity contribution < 1.29 is 14.2 Å². The number of nitrogens with zero attached hydrogens (tertiary/aromatic N) is 1. The van der Waals surface area contributed by atoms with Crippen LogP contribution in [0.2, 0.25) is 5.02 Å². The van der Waals surface area contributed by atoms with Gasteiger partial charge in [0.25, 0.3) is 0 Å². The number of fused-ring (bicyclic) bond motifs is 1. The fourth-order valence-electron chi connectivity index (χ4n) is 3.03. The molecule has 1 aromatic carbocycles. The SMILES string of the molecule is C[C@@H]1CN(Cc2cc(Cl)cc3c2OCOC3)C[C@H](C)O1. The minimum absolute atomic E-state index is 0.262. The molecule has 5 heteroatoms. The lowest BCUT2D eigenvalue weighted by molar-refractivity contribution is -0.0711. The van der Waals surface area contributed by atoms with E-state index in [9.17, 15) is 0 Å². The lowest BCUT2D eigenvalue weighted by atomic mass is 10.1. The summed E-state index contributed by atoms with van der Waals surface area (Å²) in [5, 5.41) is 0.738. The summed E-state index contributed by atoms with van der Waals surface area (Å²) < 4.78 is 16.8. The Kier molecular flexibility index (Phi) is 4.17. The lowest BCUT2D eigenvalue weighted by Gasteiger charge is -2.35. The third kappa shape index (κ3) is 3.09. The third-order valence-electron chi connectivity index (χ3n) is 3.64. The molecule has 2 aliphatic heterocycles. The van der Waals surface area contributed by atoms with Crippen LogP contribution in [-0.4, -0.2) is 37.0 Å². The highest BCUT2D eigenvalue weighted by molar-refractivity contribution is 6.30. The van der Waals surface area contributed by atoms with Crippen LogP contribution in [0.25, 0.3) is 0 Å². The molecule has 0 saturated carbocycles. The summed E-state index contributed by atoms with van der Waals surface area (Å²) in [6.45, 7) is 7.81. The van der Waals surface area contributed by atoms with Crippen LogP contribution in [0.5, 0.6) is 5.75 Å². The van der Waals surface area contributed by atoms with Crippen LogP contribution in [0.1, 0.15) is 25.0 Å². The van der Waals surface area contributed by atoms with Crippen LogP contribution in [-0.2, 0) is 22.6 Å². The molecule has 2 heterocycles. The monoisotopic (exact) mass is 297 g/mol. The second-order valence-electron chi connectivity index (χ2n) is 5.62. The van der Waals surface area contributed by atoms with Crippen LogP contribution in [0, 0.1) is 0 Å². The van der Waals surface area contributed by atoms with Crippen molar-refractivity contribution in [1.82, 2.24) is 4.90 Å². The van der Waals surface area contributed by atoms with Crippen molar-refractivity contribution in [3.8, 4) is 5.75 Å². The van der Waals surface area contributed by atoms with Crippen molar-refractivity contribution in [1.29, 1.82) is 0 Å². The van der Waals surface area contributed by atoms with E-state index >= 15 is 0 Å². The van der Waals surface area contributed by atoms with Gasteiger partial charge in [-0.3, -0.25) is 4.90 Å². The fraction of sp³-hybridized carbons (Fsp3) is 0.600. The van der Waals surface area contributed by atoms with Gasteiger partial charge in [-0.15, -0.1) is 0 Å². The van der Waals surface area contributed by atoms with Gasteiger partial charge in [-0.2, -0.15) is 0 Å². The average molecular weight is 298 g/mol. The molecule has 0 aromatic heterocycles. The first-order valence-electron chi connectivity index (χ1n) is 7.01. The second kappa shape index (κ2) is 5.90. The van der Waals surface area contributed by atoms with E-state index < -0.39 is 0 Å². The number of halogens is 1. The number of ether oxygens (including phenoxy) is 3. The van der Waals surface area contributed by atoms with Gasteiger partial charge < -0.3 is 14.2 Å². The number of morpholine rings is 1. The number of hydrogen-bond donors (Lipinski definition) is 0. The Morgan fingerprint density at radius 3 is 2.75 bits per heavy atom. The maximum absolute atomic E-state index is 6.20. The summed E-state index contributed by atoms with van der Waals surface area (Å²) in [6.07, 6.45) is 0.524. The molecule has 2 aliphatic rings. The van der Waals surface area contributed by atoms with E-state index in [1.165, 1.54) is 0 Å². The Bertz CT molecular complexity index is 484. The van der Waals surface area contributed by atoms with Gasteiger partial charge in [0, 0.05) is 35.8 Å². The smallest absolute Gasteiger partial charge is 0.189 e. The largest absolute Gasteiger partial charge is 0.467 e. The Morgan fingerprint density at radius 1 is 1.25 bits per heavy atom. The maximum atomic E-state index is 6.20. The van der Waals surface area contributed by atoms with Gasteiger partial charge in [0.1, 0.15) is 5.75 Å². The number of rotatable bonds is 2. The standard InChI is InChI=1S/C15H20ClNO3/c1-10-5-17(6-11(2)20-10)7-12-3-14(16)4-13-8-18-9-19-15(12)13/h3-4,10-11H,5-9H2,1-2H3/t10-,11+. The van der Waals surface area contributed by atoms with Gasteiger partial charge in [-0.05, 0) is 26.0 Å². The van der Waals surface area contributed by atoms with Crippen molar-refractivity contribution in [3.63, 3.8) is 0 Å². The molecule has 0 spiro atoms. The van der Waals surface area contributed by atoms with Crippen LogP contribution in [0.4, 0.5) is 0 Å². The molecule has 2 atom stereocenters. The van der Waals surface area contributed by atoms with Gasteiger partial charge in [0.2, 0.25) is 0 Å². The molecule has 1 aromatic rings. The van der Waals surface area contributed by atoms with Crippen molar-refractivity contribution >= 4 is 11.6 Å². The molecule has 1 saturated heterocycles. The molecule has 4 nitrogen and oxygen atoms in total. The molecule has 0 radical (unpaired) electrons. The molecule has 0 unspecified atom stereocenters. The van der Waals surface area contributed by atoms with Gasteiger partial charge in [0.15, 0.2) is 6.79 Å². The van der Waals surface area contributed by atoms with E-state index in [2.05, 4.69) is 18.7 Å². The van der Waals surface area contributed by atoms with E-state index in [0.29, 0.717) is 13.4 Å². The Morgan fingerprint density at radius 2 is 2.00 bits per heavy atom. The fourth-order valence-corrected chi connectivity index (χ4v) is 3.29. The summed E-state index contributed by atoms with van der Waals surface area (Å²) in [5.74, 6) is 0.937. The summed E-state index contributed by atoms with van der Waals surface area (Å²) in [5.41, 5.74) is 2.17. The quantitative estimate of drug-likeness (QED) is 0.840. The molecule has 0 aliphatic carbocycles. The molecule has 110 valence electrons. The Hall–Kier alpha value is -0.810. The molecule has 0 amide bonds. The minimum atomic E-state index is 0.262. The van der Waals surface area contributed by atoms with Crippen LogP contribution in [0.15, 0.2) is 12.1 Å². The second-order valence-corrected chi connectivity index (χ2v) is 6.05. The Labute approximate surface area is 124 Å². The molecular formula is C15H20ClNO3. The first kappa shape index (κ1) is 14.1. The Balaban J connectivity index is 1.81. The predicted molar refractivity (Wildman–Crippen MR) is 77.0 cm³/mol.